The molecular weight excluding hydrogens is 308 g/mol. The highest BCUT2D eigenvalue weighted by atomic mass is 35.5. The maximum atomic E-state index is 5.99. The van der Waals surface area contributed by atoms with Crippen LogP contribution in [-0.2, 0) is 0 Å². The molecule has 112 valence electrons. The van der Waals surface area contributed by atoms with Crippen molar-refractivity contribution in [2.24, 2.45) is 0 Å². The molecule has 0 saturated carbocycles. The van der Waals surface area contributed by atoms with E-state index in [1.807, 2.05) is 88.4 Å². The molecule has 0 saturated heterocycles. The minimum Gasteiger partial charge on any atom is -0.307 e. The monoisotopic (exact) mass is 320 g/mol. The van der Waals surface area contributed by atoms with Gasteiger partial charge in [-0.1, -0.05) is 47.1 Å². The van der Waals surface area contributed by atoms with E-state index in [0.717, 1.165) is 22.8 Å². The van der Waals surface area contributed by atoms with Gasteiger partial charge < -0.3 is 4.57 Å². The van der Waals surface area contributed by atoms with Crippen LogP contribution >= 0.6 is 11.6 Å². The third-order valence-electron chi connectivity index (χ3n) is 3.61. The Morgan fingerprint density at radius 1 is 0.783 bits per heavy atom. The van der Waals surface area contributed by atoms with Gasteiger partial charge in [-0.25, -0.2) is 0 Å². The number of benzene rings is 2. The summed E-state index contributed by atoms with van der Waals surface area (Å²) in [6.07, 6.45) is 3.97. The summed E-state index contributed by atoms with van der Waals surface area (Å²) in [5.74, 6) is 0.892. The lowest BCUT2D eigenvalue weighted by molar-refractivity contribution is 0.775. The lowest BCUT2D eigenvalue weighted by atomic mass is 10.1. The van der Waals surface area contributed by atoms with Crippen molar-refractivity contribution in [3.63, 3.8) is 0 Å². The largest absolute Gasteiger partial charge is 0.307 e. The molecule has 0 fully saturated rings. The number of para-hydroxylation sites is 1. The molecule has 0 N–H and O–H groups in total. The van der Waals surface area contributed by atoms with Crippen molar-refractivity contribution in [3.05, 3.63) is 84.1 Å². The van der Waals surface area contributed by atoms with Crippen molar-refractivity contribution in [2.45, 2.75) is 0 Å². The zero-order chi connectivity index (χ0) is 15.6. The number of hydrogen-bond acceptors (Lipinski definition) is 2. The second kappa shape index (κ2) is 5.74. The summed E-state index contributed by atoms with van der Waals surface area (Å²) in [6.45, 7) is 0. The molecule has 0 atom stereocenters. The number of nitrogens with zero attached hydrogens (tertiary/aromatic N) is 4. The highest BCUT2D eigenvalue weighted by Gasteiger charge is 2.17. The van der Waals surface area contributed by atoms with E-state index >= 15 is 0 Å². The Hall–Kier alpha value is -2.85. The van der Waals surface area contributed by atoms with Gasteiger partial charge in [0.25, 0.3) is 0 Å². The molecule has 2 aromatic heterocycles. The lowest BCUT2D eigenvalue weighted by Gasteiger charge is -2.09. The third kappa shape index (κ3) is 2.53. The van der Waals surface area contributed by atoms with E-state index in [9.17, 15) is 0 Å². The summed E-state index contributed by atoms with van der Waals surface area (Å²) in [5, 5.41) is 9.45. The highest BCUT2D eigenvalue weighted by molar-refractivity contribution is 6.30. The van der Waals surface area contributed by atoms with Crippen molar-refractivity contribution >= 4 is 11.6 Å². The van der Waals surface area contributed by atoms with Gasteiger partial charge in [-0.15, -0.1) is 5.10 Å². The van der Waals surface area contributed by atoms with Crippen LogP contribution in [0.5, 0.6) is 0 Å². The van der Waals surface area contributed by atoms with Crippen LogP contribution in [0.2, 0.25) is 5.02 Å². The van der Waals surface area contributed by atoms with Gasteiger partial charge in [0.2, 0.25) is 0 Å². The van der Waals surface area contributed by atoms with Crippen LogP contribution in [0.4, 0.5) is 0 Å². The van der Waals surface area contributed by atoms with E-state index in [4.69, 9.17) is 11.6 Å². The Balaban J connectivity index is 1.94. The molecule has 4 nitrogen and oxygen atoms in total. The predicted molar refractivity (Wildman–Crippen MR) is 91.1 cm³/mol. The average molecular weight is 321 g/mol. The van der Waals surface area contributed by atoms with Gasteiger partial charge in [0.05, 0.1) is 5.69 Å². The van der Waals surface area contributed by atoms with Crippen molar-refractivity contribution in [3.8, 4) is 22.8 Å². The molecule has 2 heterocycles. The molecule has 0 bridgehead atoms. The van der Waals surface area contributed by atoms with Crippen LogP contribution in [0.1, 0.15) is 0 Å². The van der Waals surface area contributed by atoms with Gasteiger partial charge in [-0.3, -0.25) is 0 Å². The topological polar surface area (TPSA) is 35.6 Å². The minimum absolute atomic E-state index is 0.701. The number of halogens is 1. The first-order valence-corrected chi connectivity index (χ1v) is 7.61. The van der Waals surface area contributed by atoms with E-state index in [1.54, 1.807) is 0 Å². The first-order valence-electron chi connectivity index (χ1n) is 7.23. The van der Waals surface area contributed by atoms with Crippen LogP contribution in [0.15, 0.2) is 79.1 Å². The zero-order valence-corrected chi connectivity index (χ0v) is 12.9. The third-order valence-corrected chi connectivity index (χ3v) is 3.87. The van der Waals surface area contributed by atoms with E-state index < -0.39 is 0 Å². The van der Waals surface area contributed by atoms with E-state index in [1.165, 1.54) is 0 Å². The molecule has 0 amide bonds. The summed E-state index contributed by atoms with van der Waals surface area (Å²) < 4.78 is 3.85. The van der Waals surface area contributed by atoms with Gasteiger partial charge in [0.1, 0.15) is 5.69 Å². The quantitative estimate of drug-likeness (QED) is 0.561. The molecule has 4 rings (SSSR count). The molecule has 5 heteroatoms. The zero-order valence-electron chi connectivity index (χ0n) is 12.2. The van der Waals surface area contributed by atoms with Crippen LogP contribution in [0, 0.1) is 0 Å². The SMILES string of the molecule is Clc1ccc(-c2nnn(-c3ccccc3)c2-n2cccc2)cc1. The fourth-order valence-electron chi connectivity index (χ4n) is 2.52. The maximum Gasteiger partial charge on any atom is 0.169 e. The number of hydrogen-bond donors (Lipinski definition) is 0. The fraction of sp³-hybridized carbons (Fsp3) is 0. The molecule has 0 radical (unpaired) electrons. The van der Waals surface area contributed by atoms with Crippen molar-refractivity contribution < 1.29 is 0 Å². The van der Waals surface area contributed by atoms with Crippen LogP contribution < -0.4 is 0 Å². The van der Waals surface area contributed by atoms with Crippen LogP contribution in [0.25, 0.3) is 22.8 Å². The lowest BCUT2D eigenvalue weighted by Crippen LogP contribution is -2.04. The summed E-state index contributed by atoms with van der Waals surface area (Å²) in [6, 6.07) is 21.5. The Labute approximate surface area is 138 Å². The minimum atomic E-state index is 0.701. The fourth-order valence-corrected chi connectivity index (χ4v) is 2.65. The number of rotatable bonds is 3. The summed E-state index contributed by atoms with van der Waals surface area (Å²) in [4.78, 5) is 0. The highest BCUT2D eigenvalue weighted by Crippen LogP contribution is 2.27. The molecule has 0 unspecified atom stereocenters. The van der Waals surface area contributed by atoms with Gasteiger partial charge >= 0.3 is 0 Å². The second-order valence-electron chi connectivity index (χ2n) is 5.11. The normalized spacial score (nSPS) is 10.8. The predicted octanol–water partition coefficient (Wildman–Crippen LogP) is 4.38. The van der Waals surface area contributed by atoms with Gasteiger partial charge in [0.15, 0.2) is 5.82 Å². The van der Waals surface area contributed by atoms with Gasteiger partial charge in [0, 0.05) is 23.0 Å². The Morgan fingerprint density at radius 3 is 2.17 bits per heavy atom. The van der Waals surface area contributed by atoms with E-state index in [0.29, 0.717) is 5.02 Å². The molecule has 0 aliphatic heterocycles. The van der Waals surface area contributed by atoms with Crippen molar-refractivity contribution in [2.75, 3.05) is 0 Å². The molecule has 23 heavy (non-hydrogen) atoms. The Bertz CT molecular complexity index is 910. The van der Waals surface area contributed by atoms with E-state index in [-0.39, 0.29) is 0 Å². The molecule has 0 aliphatic carbocycles. The summed E-state index contributed by atoms with van der Waals surface area (Å²) in [7, 11) is 0. The number of aromatic nitrogens is 4. The first-order chi connectivity index (χ1) is 11.3. The molecular formula is C18H13ClN4. The molecule has 0 spiro atoms. The first kappa shape index (κ1) is 13.8. The molecule has 2 aromatic carbocycles. The second-order valence-corrected chi connectivity index (χ2v) is 5.54. The van der Waals surface area contributed by atoms with E-state index in [2.05, 4.69) is 10.3 Å². The summed E-state index contributed by atoms with van der Waals surface area (Å²) in [5.41, 5.74) is 2.74. The Kier molecular flexibility index (Phi) is 3.44. The van der Waals surface area contributed by atoms with Gasteiger partial charge in [-0.2, -0.15) is 4.68 Å². The molecule has 4 aromatic rings. The van der Waals surface area contributed by atoms with Crippen molar-refractivity contribution in [1.82, 2.24) is 19.6 Å². The average Bonchev–Trinajstić information content (AvgIpc) is 3.25. The van der Waals surface area contributed by atoms with Crippen LogP contribution in [0.3, 0.4) is 0 Å². The van der Waals surface area contributed by atoms with Crippen molar-refractivity contribution in [1.29, 1.82) is 0 Å². The molecule has 0 aliphatic rings. The Morgan fingerprint density at radius 2 is 1.48 bits per heavy atom. The maximum absolute atomic E-state index is 5.99. The standard InChI is InChI=1S/C18H13ClN4/c19-15-10-8-14(9-11-15)17-18(22-12-4-5-13-22)23(21-20-17)16-6-2-1-3-7-16/h1-13H. The van der Waals surface area contributed by atoms with Gasteiger partial charge in [-0.05, 0) is 36.4 Å². The summed E-state index contributed by atoms with van der Waals surface area (Å²) >= 11 is 5.99. The smallest absolute Gasteiger partial charge is 0.169 e. The van der Waals surface area contributed by atoms with Crippen LogP contribution in [-0.4, -0.2) is 19.6 Å².